The van der Waals surface area contributed by atoms with E-state index in [1.807, 2.05) is 6.92 Å². The Morgan fingerprint density at radius 1 is 1.48 bits per heavy atom. The van der Waals surface area contributed by atoms with Crippen molar-refractivity contribution in [1.29, 1.82) is 0 Å². The summed E-state index contributed by atoms with van der Waals surface area (Å²) in [5, 5.41) is 11.5. The molecule has 0 spiro atoms. The molecule has 6 nitrogen and oxygen atoms in total. The third-order valence-electron chi connectivity index (χ3n) is 3.61. The van der Waals surface area contributed by atoms with Gasteiger partial charge in [0, 0.05) is 13.7 Å². The first-order valence-electron chi connectivity index (χ1n) is 6.58. The van der Waals surface area contributed by atoms with E-state index >= 15 is 0 Å². The second-order valence-corrected chi connectivity index (χ2v) is 4.97. The molecule has 2 rings (SSSR count). The highest BCUT2D eigenvalue weighted by molar-refractivity contribution is 6.00. The predicted octanol–water partition coefficient (Wildman–Crippen LogP) is 2.17. The maximum absolute atomic E-state index is 13.1. The minimum absolute atomic E-state index is 0.0623. The van der Waals surface area contributed by atoms with Crippen LogP contribution in [0.5, 0.6) is 0 Å². The van der Waals surface area contributed by atoms with Gasteiger partial charge in [-0.3, -0.25) is 0 Å². The van der Waals surface area contributed by atoms with Gasteiger partial charge < -0.3 is 20.1 Å². The Hall–Kier alpha value is -2.15. The first-order valence-corrected chi connectivity index (χ1v) is 6.58. The highest BCUT2D eigenvalue weighted by atomic mass is 19.1. The number of amides is 2. The molecule has 7 heteroatoms. The third kappa shape index (κ3) is 3.30. The van der Waals surface area contributed by atoms with Gasteiger partial charge in [-0.1, -0.05) is 0 Å². The molecule has 1 aromatic rings. The number of benzene rings is 1. The summed E-state index contributed by atoms with van der Waals surface area (Å²) in [4.78, 5) is 24.7. The van der Waals surface area contributed by atoms with E-state index in [9.17, 15) is 14.0 Å². The van der Waals surface area contributed by atoms with Gasteiger partial charge >= 0.3 is 12.0 Å². The first-order chi connectivity index (χ1) is 9.90. The number of halogens is 1. The molecule has 2 atom stereocenters. The fraction of sp³-hybridized carbons (Fsp3) is 0.429. The average Bonchev–Trinajstić information content (AvgIpc) is 2.85. The Labute approximate surface area is 121 Å². The average molecular weight is 296 g/mol. The van der Waals surface area contributed by atoms with Gasteiger partial charge in [-0.2, -0.15) is 0 Å². The largest absolute Gasteiger partial charge is 0.478 e. The van der Waals surface area contributed by atoms with Gasteiger partial charge in [0.05, 0.1) is 23.4 Å². The van der Waals surface area contributed by atoms with Crippen LogP contribution in [-0.2, 0) is 4.74 Å². The lowest BCUT2D eigenvalue weighted by molar-refractivity contribution is 0.0697. The van der Waals surface area contributed by atoms with Crippen LogP contribution in [0.25, 0.3) is 0 Å². The SMILES string of the molecule is CC1OCCC1N(C)C(=O)Nc1ccc(F)cc1C(=O)O. The fourth-order valence-electron chi connectivity index (χ4n) is 2.39. The van der Waals surface area contributed by atoms with Crippen LogP contribution in [0.15, 0.2) is 18.2 Å². The van der Waals surface area contributed by atoms with E-state index in [0.717, 1.165) is 18.6 Å². The molecule has 0 bridgehead atoms. The van der Waals surface area contributed by atoms with Crippen LogP contribution in [0.2, 0.25) is 0 Å². The summed E-state index contributed by atoms with van der Waals surface area (Å²) < 4.78 is 18.5. The zero-order valence-electron chi connectivity index (χ0n) is 11.8. The Morgan fingerprint density at radius 2 is 2.19 bits per heavy atom. The topological polar surface area (TPSA) is 78.9 Å². The Kier molecular flexibility index (Phi) is 4.42. The molecule has 1 aromatic carbocycles. The predicted molar refractivity (Wildman–Crippen MR) is 74.0 cm³/mol. The van der Waals surface area contributed by atoms with E-state index in [1.165, 1.54) is 11.0 Å². The number of carboxylic acids is 1. The molecule has 2 N–H and O–H groups in total. The van der Waals surface area contributed by atoms with Crippen molar-refractivity contribution in [3.05, 3.63) is 29.6 Å². The van der Waals surface area contributed by atoms with Gasteiger partial charge in [-0.15, -0.1) is 0 Å². The smallest absolute Gasteiger partial charge is 0.337 e. The van der Waals surface area contributed by atoms with E-state index in [1.54, 1.807) is 7.05 Å². The van der Waals surface area contributed by atoms with Crippen molar-refractivity contribution in [2.45, 2.75) is 25.5 Å². The number of aromatic carboxylic acids is 1. The molecule has 1 saturated heterocycles. The minimum Gasteiger partial charge on any atom is -0.478 e. The monoisotopic (exact) mass is 296 g/mol. The van der Waals surface area contributed by atoms with Crippen LogP contribution in [-0.4, -0.2) is 47.8 Å². The lowest BCUT2D eigenvalue weighted by atomic mass is 10.1. The van der Waals surface area contributed by atoms with Gasteiger partial charge in [0.2, 0.25) is 0 Å². The Balaban J connectivity index is 2.14. The minimum atomic E-state index is -1.30. The number of nitrogens with zero attached hydrogens (tertiary/aromatic N) is 1. The van der Waals surface area contributed by atoms with Crippen molar-refractivity contribution in [1.82, 2.24) is 4.90 Å². The number of anilines is 1. The van der Waals surface area contributed by atoms with Crippen molar-refractivity contribution < 1.29 is 23.8 Å². The van der Waals surface area contributed by atoms with E-state index < -0.39 is 17.8 Å². The molecule has 2 amide bonds. The van der Waals surface area contributed by atoms with Gasteiger partial charge in [0.15, 0.2) is 0 Å². The van der Waals surface area contributed by atoms with E-state index in [2.05, 4.69) is 5.32 Å². The van der Waals surface area contributed by atoms with Crippen molar-refractivity contribution in [2.24, 2.45) is 0 Å². The molecule has 0 aromatic heterocycles. The maximum Gasteiger partial charge on any atom is 0.337 e. The molecule has 1 aliphatic rings. The molecule has 114 valence electrons. The second kappa shape index (κ2) is 6.09. The molecule has 1 fully saturated rings. The maximum atomic E-state index is 13.1. The van der Waals surface area contributed by atoms with Crippen molar-refractivity contribution in [2.75, 3.05) is 19.0 Å². The van der Waals surface area contributed by atoms with Gasteiger partial charge in [-0.25, -0.2) is 14.0 Å². The number of ether oxygens (including phenoxy) is 1. The van der Waals surface area contributed by atoms with Gasteiger partial charge in [0.1, 0.15) is 5.82 Å². The Bertz CT molecular complexity index is 564. The number of hydrogen-bond donors (Lipinski definition) is 2. The summed E-state index contributed by atoms with van der Waals surface area (Å²) in [7, 11) is 1.62. The summed E-state index contributed by atoms with van der Waals surface area (Å²) in [6, 6.07) is 2.69. The molecule has 0 radical (unpaired) electrons. The third-order valence-corrected chi connectivity index (χ3v) is 3.61. The summed E-state index contributed by atoms with van der Waals surface area (Å²) in [5.74, 6) is -1.97. The van der Waals surface area contributed by atoms with Crippen molar-refractivity contribution in [3.63, 3.8) is 0 Å². The number of carboxylic acid groups (broad SMARTS) is 1. The highest BCUT2D eigenvalue weighted by Gasteiger charge is 2.31. The van der Waals surface area contributed by atoms with Crippen LogP contribution in [0, 0.1) is 5.82 Å². The zero-order valence-corrected chi connectivity index (χ0v) is 11.8. The number of nitrogens with one attached hydrogen (secondary N) is 1. The summed E-state index contributed by atoms with van der Waals surface area (Å²) in [5.41, 5.74) is -0.222. The summed E-state index contributed by atoms with van der Waals surface area (Å²) in [6.45, 7) is 2.46. The van der Waals surface area contributed by atoms with Crippen molar-refractivity contribution >= 4 is 17.7 Å². The number of urea groups is 1. The van der Waals surface area contributed by atoms with Gasteiger partial charge in [0.25, 0.3) is 0 Å². The highest BCUT2D eigenvalue weighted by Crippen LogP contribution is 2.21. The Morgan fingerprint density at radius 3 is 2.76 bits per heavy atom. The van der Waals surface area contributed by atoms with Crippen molar-refractivity contribution in [3.8, 4) is 0 Å². The normalized spacial score (nSPS) is 21.1. The van der Waals surface area contributed by atoms with Crippen LogP contribution in [0.1, 0.15) is 23.7 Å². The molecule has 0 saturated carbocycles. The van der Waals surface area contributed by atoms with Crippen LogP contribution in [0.4, 0.5) is 14.9 Å². The number of carbonyl (C=O) groups excluding carboxylic acids is 1. The number of rotatable bonds is 3. The van der Waals surface area contributed by atoms with Gasteiger partial charge in [-0.05, 0) is 31.5 Å². The summed E-state index contributed by atoms with van der Waals surface area (Å²) >= 11 is 0. The molecular weight excluding hydrogens is 279 g/mol. The quantitative estimate of drug-likeness (QED) is 0.896. The summed E-state index contributed by atoms with van der Waals surface area (Å²) in [6.07, 6.45) is 0.647. The zero-order chi connectivity index (χ0) is 15.6. The molecule has 1 heterocycles. The fourth-order valence-corrected chi connectivity index (χ4v) is 2.39. The second-order valence-electron chi connectivity index (χ2n) is 4.97. The number of carbonyl (C=O) groups is 2. The number of likely N-dealkylation sites (N-methyl/N-ethyl adjacent to an activating group) is 1. The van der Waals surface area contributed by atoms with Crippen LogP contribution in [0.3, 0.4) is 0 Å². The number of hydrogen-bond acceptors (Lipinski definition) is 3. The first kappa shape index (κ1) is 15.2. The van der Waals surface area contributed by atoms with Crippen LogP contribution >= 0.6 is 0 Å². The standard InChI is InChI=1S/C14H17FN2O4/c1-8-12(5-6-21-8)17(2)14(20)16-11-4-3-9(15)7-10(11)13(18)19/h3-4,7-8,12H,5-6H2,1-2H3,(H,16,20)(H,18,19). The molecule has 1 aliphatic heterocycles. The molecule has 0 aliphatic carbocycles. The molecule has 21 heavy (non-hydrogen) atoms. The lowest BCUT2D eigenvalue weighted by Gasteiger charge is -2.27. The van der Waals surface area contributed by atoms with E-state index in [-0.39, 0.29) is 23.4 Å². The molecule has 2 unspecified atom stereocenters. The lowest BCUT2D eigenvalue weighted by Crippen LogP contribution is -2.43. The molecular formula is C14H17FN2O4. The van der Waals surface area contributed by atoms with Crippen LogP contribution < -0.4 is 5.32 Å². The van der Waals surface area contributed by atoms with E-state index in [0.29, 0.717) is 6.61 Å². The van der Waals surface area contributed by atoms with E-state index in [4.69, 9.17) is 9.84 Å².